The predicted molar refractivity (Wildman–Crippen MR) is 298 cm³/mol. The van der Waals surface area contributed by atoms with Gasteiger partial charge in [0.05, 0.1) is 67.2 Å². The minimum Gasteiger partial charge on any atom is -0.481 e. The molecule has 0 aliphatic carbocycles. The Morgan fingerprint density at radius 3 is 1.99 bits per heavy atom. The molecule has 0 amide bonds. The number of nitrogens with one attached hydrogen (secondary N) is 2. The van der Waals surface area contributed by atoms with Crippen molar-refractivity contribution in [1.29, 1.82) is 0 Å². The third kappa shape index (κ3) is 15.4. The van der Waals surface area contributed by atoms with Gasteiger partial charge in [0.1, 0.15) is 10.7 Å². The first-order chi connectivity index (χ1) is 40.7. The van der Waals surface area contributed by atoms with E-state index in [1.807, 2.05) is 65.4 Å². The number of fused-ring (bicyclic) bond motifs is 1. The summed E-state index contributed by atoms with van der Waals surface area (Å²) in [6, 6.07) is 24.6. The van der Waals surface area contributed by atoms with Crippen LogP contribution in [0.15, 0.2) is 123 Å². The average molecular weight is 1300 g/mol. The maximum Gasteiger partial charge on any atom is 0.418 e. The number of aromatic nitrogens is 8. The Morgan fingerprint density at radius 1 is 0.862 bits per heavy atom. The summed E-state index contributed by atoms with van der Waals surface area (Å²) in [4.78, 5) is 65.6. The molecule has 5 aromatic heterocycles. The van der Waals surface area contributed by atoms with Crippen molar-refractivity contribution in [2.75, 3.05) is 44.6 Å². The third-order valence-corrected chi connectivity index (χ3v) is 14.9. The van der Waals surface area contributed by atoms with E-state index in [4.69, 9.17) is 57.8 Å². The van der Waals surface area contributed by atoms with Crippen molar-refractivity contribution < 1.29 is 86.5 Å². The molecule has 35 heteroatoms. The van der Waals surface area contributed by atoms with Crippen molar-refractivity contribution in [3.63, 3.8) is 0 Å². The van der Waals surface area contributed by atoms with Gasteiger partial charge < -0.3 is 34.6 Å². The number of rotatable bonds is 14. The van der Waals surface area contributed by atoms with Gasteiger partial charge in [-0.2, -0.15) is 40.8 Å². The number of nitrogens with zero attached hydrogens (tertiary/aromatic N) is 8. The Morgan fingerprint density at radius 2 is 1.48 bits per heavy atom. The van der Waals surface area contributed by atoms with Crippen molar-refractivity contribution in [2.24, 2.45) is 12.2 Å². The zero-order valence-corrected chi connectivity index (χ0v) is 49.1. The first-order valence-electron chi connectivity index (χ1n) is 24.3. The maximum atomic E-state index is 13.3. The number of ether oxygens (including phenoxy) is 4. The third-order valence-electron chi connectivity index (χ3n) is 11.8. The number of hydrogen-bond acceptors (Lipinski definition) is 20. The molecule has 87 heavy (non-hydrogen) atoms. The van der Waals surface area contributed by atoms with Gasteiger partial charge in [-0.1, -0.05) is 89.0 Å². The van der Waals surface area contributed by atoms with Crippen molar-refractivity contribution >= 4 is 83.9 Å². The Balaban J connectivity index is 0.000000192. The van der Waals surface area contributed by atoms with Gasteiger partial charge in [-0.15, -0.1) is 5.10 Å². The number of ketones is 1. The number of methoxy groups -OCH3 is 3. The fraction of sp³-hybridized carbons (Fsp3) is 0.231. The van der Waals surface area contributed by atoms with Crippen molar-refractivity contribution in [3.05, 3.63) is 169 Å². The van der Waals surface area contributed by atoms with Gasteiger partial charge in [-0.25, -0.2) is 41.1 Å². The Bertz CT molecular complexity index is 4170. The molecular formula is C52H47Cl2F6N11O14S2. The van der Waals surface area contributed by atoms with Gasteiger partial charge in [0.2, 0.25) is 23.4 Å². The summed E-state index contributed by atoms with van der Waals surface area (Å²) < 4.78 is 151. The van der Waals surface area contributed by atoms with Crippen LogP contribution < -0.4 is 30.2 Å². The summed E-state index contributed by atoms with van der Waals surface area (Å²) >= 11 is 11.0. The van der Waals surface area contributed by atoms with Crippen LogP contribution in [0.25, 0.3) is 5.78 Å². The van der Waals surface area contributed by atoms with E-state index in [1.54, 1.807) is 6.92 Å². The number of alkyl halides is 6. The second-order valence-electron chi connectivity index (χ2n) is 17.7. The normalized spacial score (nSPS) is 12.8. The molecule has 0 bridgehead atoms. The Labute approximate surface area is 498 Å². The molecule has 3 aromatic carbocycles. The SMILES string of the molecule is CCOC(=O)C1=NOC(c2ccccc2)(c2ccccc2)C1.COc1cc(OC)n2nc(NS(=O)(=O)c3c(C(F)(F)F)ccnc3OC)nc2n1.Cc1[nH]n(C)c(=O)c1C(=O)c1ccc(C(F)(F)F)cc1S(C)(=O)=O.Nc1cc(Cl)nc(C(=O)O)c1Cl. The standard InChI is InChI=1S/C18H17NO3.C14H13F3N6O5S.C14H13F3N2O4S.C6H4Cl2N2O2/c1-2-21-17(20)16-13-18(22-19-16,14-9-5-3-6-10-14)15-11-7-4-8-12-15;1-26-8-6-9(27-2)23-13(19-8)20-12(21-23)22-29(24,25)10-7(14(15,16)17)4-5-18-11(10)28-3;1-7-11(13(21)19(2)18-7)12(20)9-5-4-8(14(15,16)17)6-10(9)24(3,22)23;7-3-1-2(9)4(8)5(10-3)6(11)12/h3-12H,2,13H2,1H3;4-6H,1-3H3,(H,21,22);4-6,18H,1-3H3;1H,(H2,9,10)(H,11,12). The number of aromatic amines is 1. The van der Waals surface area contributed by atoms with Crippen LogP contribution in [0.4, 0.5) is 38.0 Å². The molecule has 5 N–H and O–H groups in total. The fourth-order valence-electron chi connectivity index (χ4n) is 7.93. The smallest absolute Gasteiger partial charge is 0.418 e. The highest BCUT2D eigenvalue weighted by Crippen LogP contribution is 2.42. The summed E-state index contributed by atoms with van der Waals surface area (Å²) in [7, 11) is -3.97. The van der Waals surface area contributed by atoms with E-state index in [-0.39, 0.29) is 50.4 Å². The van der Waals surface area contributed by atoms with Crippen LogP contribution in [-0.4, -0.2) is 119 Å². The molecule has 6 heterocycles. The van der Waals surface area contributed by atoms with Crippen molar-refractivity contribution in [3.8, 4) is 17.6 Å². The average Bonchev–Trinajstić information content (AvgIpc) is 1.85. The predicted octanol–water partition coefficient (Wildman–Crippen LogP) is 7.98. The van der Waals surface area contributed by atoms with E-state index in [9.17, 15) is 62.4 Å². The van der Waals surface area contributed by atoms with E-state index < -0.39 is 99.4 Å². The highest BCUT2D eigenvalue weighted by atomic mass is 35.5. The number of aromatic carboxylic acids is 1. The van der Waals surface area contributed by atoms with Crippen LogP contribution >= 0.6 is 23.2 Å². The summed E-state index contributed by atoms with van der Waals surface area (Å²) in [6.07, 6.45) is -7.90. The number of oxime groups is 1. The van der Waals surface area contributed by atoms with Gasteiger partial charge >= 0.3 is 24.3 Å². The number of sulfone groups is 1. The Kier molecular flexibility index (Phi) is 20.7. The number of sulfonamides is 1. The van der Waals surface area contributed by atoms with E-state index >= 15 is 0 Å². The molecule has 0 fully saturated rings. The van der Waals surface area contributed by atoms with Crippen LogP contribution in [0.1, 0.15) is 67.7 Å². The number of benzene rings is 3. The molecule has 9 rings (SSSR count). The maximum absolute atomic E-state index is 13.3. The number of carboxylic acid groups (broad SMARTS) is 1. The van der Waals surface area contributed by atoms with Crippen LogP contribution in [0.3, 0.4) is 0 Å². The lowest BCUT2D eigenvalue weighted by Crippen LogP contribution is -2.29. The van der Waals surface area contributed by atoms with Crippen molar-refractivity contribution in [2.45, 2.75) is 48.0 Å². The lowest BCUT2D eigenvalue weighted by molar-refractivity contribution is -0.140. The number of carbonyl (C=O) groups excluding carboxylic acids is 2. The second-order valence-corrected chi connectivity index (χ2v) is 22.0. The van der Waals surface area contributed by atoms with E-state index in [1.165, 1.54) is 40.3 Å². The number of halogens is 8. The van der Waals surface area contributed by atoms with Gasteiger partial charge in [0.25, 0.3) is 27.3 Å². The number of anilines is 2. The first-order valence-corrected chi connectivity index (χ1v) is 28.4. The molecule has 8 aromatic rings. The summed E-state index contributed by atoms with van der Waals surface area (Å²) in [5.41, 5.74) is 2.61. The van der Waals surface area contributed by atoms with Crippen LogP contribution in [-0.2, 0) is 59.2 Å². The molecule has 462 valence electrons. The number of pyridine rings is 2. The lowest BCUT2D eigenvalue weighted by Gasteiger charge is -2.27. The number of hydrogen-bond donors (Lipinski definition) is 4. The number of nitrogen functional groups attached to an aromatic ring is 1. The number of H-pyrrole nitrogens is 1. The number of nitrogens with two attached hydrogens (primary N) is 1. The molecule has 0 saturated heterocycles. The fourth-order valence-corrected chi connectivity index (χ4v) is 10.5. The molecule has 0 saturated carbocycles. The van der Waals surface area contributed by atoms with Gasteiger partial charge in [0, 0.05) is 41.9 Å². The summed E-state index contributed by atoms with van der Waals surface area (Å²) in [5, 5.41) is 18.9. The number of carbonyl (C=O) groups is 3. The van der Waals surface area contributed by atoms with Gasteiger partial charge in [0.15, 0.2) is 31.7 Å². The number of aryl methyl sites for hydroxylation is 2. The van der Waals surface area contributed by atoms with Crippen LogP contribution in [0.5, 0.6) is 17.6 Å². The molecule has 25 nitrogen and oxygen atoms in total. The van der Waals surface area contributed by atoms with Crippen molar-refractivity contribution in [1.82, 2.24) is 39.3 Å². The van der Waals surface area contributed by atoms with E-state index in [0.717, 1.165) is 39.7 Å². The zero-order chi connectivity index (χ0) is 64.6. The monoisotopic (exact) mass is 1300 g/mol. The minimum absolute atomic E-state index is 0.00861. The second kappa shape index (κ2) is 26.9. The van der Waals surface area contributed by atoms with E-state index in [0.29, 0.717) is 43.2 Å². The highest BCUT2D eigenvalue weighted by Gasteiger charge is 2.45. The summed E-state index contributed by atoms with van der Waals surface area (Å²) in [6.45, 7) is 3.52. The van der Waals surface area contributed by atoms with Gasteiger partial charge in [-0.3, -0.25) is 19.4 Å². The zero-order valence-electron chi connectivity index (χ0n) is 46.0. The van der Waals surface area contributed by atoms with E-state index in [2.05, 4.69) is 35.3 Å². The van der Waals surface area contributed by atoms with Crippen LogP contribution in [0.2, 0.25) is 10.2 Å². The summed E-state index contributed by atoms with van der Waals surface area (Å²) in [5.74, 6) is -3.84. The highest BCUT2D eigenvalue weighted by molar-refractivity contribution is 7.93. The lowest BCUT2D eigenvalue weighted by atomic mass is 9.82. The molecule has 0 atom stereocenters. The topological polar surface area (TPSA) is 343 Å². The van der Waals surface area contributed by atoms with Crippen LogP contribution in [0, 0.1) is 6.92 Å². The number of esters is 1. The molecule has 1 aliphatic heterocycles. The molecular weight excluding hydrogens is 1250 g/mol. The number of carboxylic acids is 1. The Hall–Kier alpha value is -9.34. The quantitative estimate of drug-likeness (QED) is 0.0347. The minimum atomic E-state index is -4.98. The molecule has 0 unspecified atom stereocenters. The molecule has 0 radical (unpaired) electrons. The first kappa shape index (κ1) is 66.8. The largest absolute Gasteiger partial charge is 0.481 e. The van der Waals surface area contributed by atoms with Gasteiger partial charge in [-0.05, 0) is 44.2 Å². The molecule has 0 spiro atoms. The molecule has 1 aliphatic rings.